The molecule has 1 unspecified atom stereocenters. The summed E-state index contributed by atoms with van der Waals surface area (Å²) in [7, 11) is 3.14. The molecule has 0 fully saturated rings. The van der Waals surface area contributed by atoms with Gasteiger partial charge in [-0.1, -0.05) is 54.6 Å². The molecule has 0 spiro atoms. The van der Waals surface area contributed by atoms with Crippen molar-refractivity contribution in [3.05, 3.63) is 95.6 Å². The Bertz CT molecular complexity index is 930. The van der Waals surface area contributed by atoms with Crippen molar-refractivity contribution in [2.24, 2.45) is 0 Å². The molecule has 0 aromatic heterocycles. The molecule has 3 aromatic carbocycles. The lowest BCUT2D eigenvalue weighted by Gasteiger charge is -2.37. The minimum atomic E-state index is -1.94. The fraction of sp³-hybridized carbons (Fsp3) is 0.308. The first kappa shape index (κ1) is 24.7. The Kier molecular flexibility index (Phi) is 8.41. The van der Waals surface area contributed by atoms with Crippen LogP contribution in [0.1, 0.15) is 16.7 Å². The number of rotatable bonds is 11. The predicted octanol–water partition coefficient (Wildman–Crippen LogP) is 3.06. The number of hydrogen-bond acceptors (Lipinski definition) is 6. The summed E-state index contributed by atoms with van der Waals surface area (Å²) in [5.74, 6) is 1.31. The molecule has 0 bridgehead atoms. The number of methoxy groups -OCH3 is 2. The summed E-state index contributed by atoms with van der Waals surface area (Å²) in [4.78, 5) is 0. The van der Waals surface area contributed by atoms with Gasteiger partial charge in [-0.2, -0.15) is 0 Å². The number of alkyl halides is 1. The summed E-state index contributed by atoms with van der Waals surface area (Å²) in [5.41, 5.74) is 0.923. The Hall–Kier alpha value is -2.97. The number of halogens is 1. The minimum absolute atomic E-state index is 0.537. The van der Waals surface area contributed by atoms with E-state index in [2.05, 4.69) is 0 Å². The molecule has 0 saturated carbocycles. The molecular formula is C26H29FO6. The van der Waals surface area contributed by atoms with Crippen LogP contribution < -0.4 is 9.47 Å². The summed E-state index contributed by atoms with van der Waals surface area (Å²) in [6, 6.07) is 23.8. The van der Waals surface area contributed by atoms with Crippen LogP contribution >= 0.6 is 0 Å². The van der Waals surface area contributed by atoms with Gasteiger partial charge in [0.05, 0.1) is 27.4 Å². The summed E-state index contributed by atoms with van der Waals surface area (Å²) in [5, 5.41) is 28.8. The molecule has 7 heteroatoms. The molecule has 3 N–H and O–H groups in total. The molecule has 0 aliphatic heterocycles. The normalized spacial score (nSPS) is 14.4. The molecule has 3 aromatic rings. The molecule has 0 aliphatic rings. The Morgan fingerprint density at radius 1 is 0.758 bits per heavy atom. The Morgan fingerprint density at radius 2 is 1.21 bits per heavy atom. The molecule has 176 valence electrons. The van der Waals surface area contributed by atoms with Crippen molar-refractivity contribution in [1.29, 1.82) is 0 Å². The van der Waals surface area contributed by atoms with Crippen molar-refractivity contribution < 1.29 is 33.9 Å². The third-order valence-corrected chi connectivity index (χ3v) is 5.58. The van der Waals surface area contributed by atoms with Gasteiger partial charge in [-0.05, 0) is 41.0 Å². The molecule has 0 amide bonds. The molecular weight excluding hydrogens is 427 g/mol. The van der Waals surface area contributed by atoms with E-state index in [4.69, 9.17) is 19.3 Å². The summed E-state index contributed by atoms with van der Waals surface area (Å²) in [6.45, 7) is -1.30. The van der Waals surface area contributed by atoms with Gasteiger partial charge in [0.2, 0.25) is 0 Å². The van der Waals surface area contributed by atoms with Crippen LogP contribution in [0.25, 0.3) is 0 Å². The monoisotopic (exact) mass is 456 g/mol. The summed E-state index contributed by atoms with van der Waals surface area (Å²) >= 11 is 0. The topological polar surface area (TPSA) is 88.4 Å². The van der Waals surface area contributed by atoms with Gasteiger partial charge < -0.3 is 29.5 Å². The van der Waals surface area contributed by atoms with E-state index in [-0.39, 0.29) is 0 Å². The van der Waals surface area contributed by atoms with Crippen molar-refractivity contribution in [2.75, 3.05) is 27.4 Å². The Labute approximate surface area is 192 Å². The van der Waals surface area contributed by atoms with E-state index in [1.54, 1.807) is 38.5 Å². The lowest BCUT2D eigenvalue weighted by molar-refractivity contribution is -0.0923. The standard InChI is InChI=1S/C26H29FO6/c1-31-21-12-8-19(9-13-21)26(18-6-4-3-5-7-18,20-10-14-22(32-2)15-11-20)33-17-23(27)25(30)24(29)16-28/h3-15,23-25,28-30H,16-17H2,1-2H3/t23-,24?,25-/m0/s1. The average Bonchev–Trinajstić information content (AvgIpc) is 2.89. The second kappa shape index (κ2) is 11.2. The van der Waals surface area contributed by atoms with Crippen molar-refractivity contribution in [2.45, 2.75) is 24.0 Å². The fourth-order valence-corrected chi connectivity index (χ4v) is 3.73. The Morgan fingerprint density at radius 3 is 1.64 bits per heavy atom. The lowest BCUT2D eigenvalue weighted by atomic mass is 9.80. The molecule has 0 radical (unpaired) electrons. The highest BCUT2D eigenvalue weighted by Crippen LogP contribution is 2.42. The van der Waals surface area contributed by atoms with E-state index in [0.717, 1.165) is 5.56 Å². The van der Waals surface area contributed by atoms with E-state index < -0.39 is 37.2 Å². The average molecular weight is 457 g/mol. The first-order valence-corrected chi connectivity index (χ1v) is 10.6. The SMILES string of the molecule is COc1ccc(C(OC[C@H](F)[C@H](O)C(O)CO)(c2ccccc2)c2ccc(OC)cc2)cc1. The number of aliphatic hydroxyl groups excluding tert-OH is 3. The quantitative estimate of drug-likeness (QED) is 0.385. The molecule has 6 nitrogen and oxygen atoms in total. The van der Waals surface area contributed by atoms with Gasteiger partial charge in [0, 0.05) is 0 Å². The highest BCUT2D eigenvalue weighted by molar-refractivity contribution is 5.49. The van der Waals surface area contributed by atoms with Crippen LogP contribution in [0.2, 0.25) is 0 Å². The van der Waals surface area contributed by atoms with Gasteiger partial charge in [-0.15, -0.1) is 0 Å². The maximum atomic E-state index is 14.9. The summed E-state index contributed by atoms with van der Waals surface area (Å²) < 4.78 is 31.7. The molecule has 3 rings (SSSR count). The fourth-order valence-electron chi connectivity index (χ4n) is 3.73. The van der Waals surface area contributed by atoms with Gasteiger partial charge in [0.25, 0.3) is 0 Å². The van der Waals surface area contributed by atoms with E-state index >= 15 is 0 Å². The Balaban J connectivity index is 2.14. The molecule has 33 heavy (non-hydrogen) atoms. The minimum Gasteiger partial charge on any atom is -0.497 e. The zero-order chi connectivity index (χ0) is 23.8. The van der Waals surface area contributed by atoms with Crippen molar-refractivity contribution in [3.8, 4) is 11.5 Å². The molecule has 0 heterocycles. The van der Waals surface area contributed by atoms with Crippen molar-refractivity contribution in [1.82, 2.24) is 0 Å². The molecule has 3 atom stereocenters. The highest BCUT2D eigenvalue weighted by Gasteiger charge is 2.39. The van der Waals surface area contributed by atoms with Gasteiger partial charge in [-0.25, -0.2) is 4.39 Å². The zero-order valence-corrected chi connectivity index (χ0v) is 18.6. The van der Waals surface area contributed by atoms with Crippen molar-refractivity contribution >= 4 is 0 Å². The van der Waals surface area contributed by atoms with Crippen LogP contribution in [-0.2, 0) is 10.3 Å². The van der Waals surface area contributed by atoms with Gasteiger partial charge >= 0.3 is 0 Å². The number of ether oxygens (including phenoxy) is 3. The van der Waals surface area contributed by atoms with Gasteiger partial charge in [0.1, 0.15) is 29.3 Å². The van der Waals surface area contributed by atoms with Gasteiger partial charge in [0.15, 0.2) is 6.17 Å². The first-order chi connectivity index (χ1) is 16.0. The largest absolute Gasteiger partial charge is 0.497 e. The number of aliphatic hydroxyl groups is 3. The van der Waals surface area contributed by atoms with E-state index in [1.807, 2.05) is 54.6 Å². The number of benzene rings is 3. The van der Waals surface area contributed by atoms with Crippen LogP contribution in [0, 0.1) is 0 Å². The van der Waals surface area contributed by atoms with Crippen LogP contribution in [-0.4, -0.2) is 61.1 Å². The third-order valence-electron chi connectivity index (χ3n) is 5.58. The first-order valence-electron chi connectivity index (χ1n) is 10.6. The zero-order valence-electron chi connectivity index (χ0n) is 18.6. The molecule has 0 saturated heterocycles. The van der Waals surface area contributed by atoms with Crippen molar-refractivity contribution in [3.63, 3.8) is 0 Å². The second-order valence-corrected chi connectivity index (χ2v) is 7.57. The van der Waals surface area contributed by atoms with Crippen LogP contribution in [0.5, 0.6) is 11.5 Å². The maximum absolute atomic E-state index is 14.9. The van der Waals surface area contributed by atoms with Gasteiger partial charge in [-0.3, -0.25) is 0 Å². The van der Waals surface area contributed by atoms with E-state index in [0.29, 0.717) is 22.6 Å². The third kappa shape index (κ3) is 5.34. The van der Waals surface area contributed by atoms with Crippen LogP contribution in [0.15, 0.2) is 78.9 Å². The van der Waals surface area contributed by atoms with E-state index in [1.165, 1.54) is 0 Å². The summed E-state index contributed by atoms with van der Waals surface area (Å²) in [6.07, 6.45) is -5.35. The smallest absolute Gasteiger partial charge is 0.152 e. The lowest BCUT2D eigenvalue weighted by Crippen LogP contribution is -2.42. The van der Waals surface area contributed by atoms with Crippen LogP contribution in [0.3, 0.4) is 0 Å². The van der Waals surface area contributed by atoms with Crippen LogP contribution in [0.4, 0.5) is 4.39 Å². The maximum Gasteiger partial charge on any atom is 0.152 e. The second-order valence-electron chi connectivity index (χ2n) is 7.57. The predicted molar refractivity (Wildman–Crippen MR) is 122 cm³/mol. The van der Waals surface area contributed by atoms with E-state index in [9.17, 15) is 14.6 Å². The highest BCUT2D eigenvalue weighted by atomic mass is 19.1. The number of hydrogen-bond donors (Lipinski definition) is 3. The molecule has 0 aliphatic carbocycles.